The quantitative estimate of drug-likeness (QED) is 0.245. The van der Waals surface area contributed by atoms with Crippen LogP contribution in [0.1, 0.15) is 22.4 Å². The van der Waals surface area contributed by atoms with Gasteiger partial charge in [0.25, 0.3) is 0 Å². The minimum absolute atomic E-state index is 0.0380. The van der Waals surface area contributed by atoms with Crippen LogP contribution in [0.15, 0.2) is 60.1 Å². The summed E-state index contributed by atoms with van der Waals surface area (Å²) in [6, 6.07) is 4.48. The lowest BCUT2D eigenvalue weighted by Gasteiger charge is -2.22. The van der Waals surface area contributed by atoms with Crippen LogP contribution in [0.5, 0.6) is 5.75 Å². The zero-order valence-electron chi connectivity index (χ0n) is 20.8. The fourth-order valence-corrected chi connectivity index (χ4v) is 3.25. The van der Waals surface area contributed by atoms with Gasteiger partial charge >= 0.3 is 18.4 Å². The van der Waals surface area contributed by atoms with Crippen LogP contribution in [-0.4, -0.2) is 35.5 Å². The zero-order valence-corrected chi connectivity index (χ0v) is 20.8. The molecule has 14 heteroatoms. The number of nitrogens with two attached hydrogens (primary N) is 1. The fraction of sp³-hybridized carbons (Fsp3) is 0.192. The lowest BCUT2D eigenvalue weighted by atomic mass is 9.98. The Hall–Kier alpha value is -4.80. The summed E-state index contributed by atoms with van der Waals surface area (Å²) in [5, 5.41) is 0. The summed E-state index contributed by atoms with van der Waals surface area (Å²) in [6.07, 6.45) is -7.21. The van der Waals surface area contributed by atoms with Gasteiger partial charge in [-0.3, -0.25) is 9.89 Å². The van der Waals surface area contributed by atoms with Gasteiger partial charge in [0.1, 0.15) is 18.1 Å². The number of nitrogens with zero attached hydrogens (tertiary/aromatic N) is 4. The van der Waals surface area contributed by atoms with Crippen LogP contribution in [0.2, 0.25) is 0 Å². The van der Waals surface area contributed by atoms with Gasteiger partial charge in [0.15, 0.2) is 5.75 Å². The third-order valence-electron chi connectivity index (χ3n) is 5.21. The Labute approximate surface area is 223 Å². The summed E-state index contributed by atoms with van der Waals surface area (Å²) in [4.78, 5) is 21.4. The molecule has 0 aliphatic carbocycles. The highest BCUT2D eigenvalue weighted by Crippen LogP contribution is 2.44. The predicted molar refractivity (Wildman–Crippen MR) is 133 cm³/mol. The smallest absolute Gasteiger partial charge is 0.409 e. The second kappa shape index (κ2) is 11.9. The third-order valence-corrected chi connectivity index (χ3v) is 5.21. The van der Waals surface area contributed by atoms with Crippen LogP contribution < -0.4 is 15.4 Å². The van der Waals surface area contributed by atoms with E-state index < -0.39 is 52.3 Å². The molecular formula is C26H20F7N5O2. The normalized spacial score (nSPS) is 12.3. The van der Waals surface area contributed by atoms with Crippen molar-refractivity contribution in [1.82, 2.24) is 9.55 Å². The van der Waals surface area contributed by atoms with E-state index in [2.05, 4.69) is 21.8 Å². The van der Waals surface area contributed by atoms with E-state index in [1.165, 1.54) is 6.33 Å². The highest BCUT2D eigenvalue weighted by Gasteiger charge is 2.41. The summed E-state index contributed by atoms with van der Waals surface area (Å²) in [5.41, 5.74) is 1.25. The molecule has 3 aromatic rings. The Morgan fingerprint density at radius 3 is 2.38 bits per heavy atom. The van der Waals surface area contributed by atoms with Crippen molar-refractivity contribution in [2.24, 2.45) is 17.8 Å². The number of aliphatic imine (C=N–C) groups is 1. The summed E-state index contributed by atoms with van der Waals surface area (Å²) < 4.78 is 103. The van der Waals surface area contributed by atoms with Crippen LogP contribution in [0, 0.1) is 17.7 Å². The highest BCUT2D eigenvalue weighted by atomic mass is 19.4. The van der Waals surface area contributed by atoms with Crippen LogP contribution in [-0.2, 0) is 19.4 Å². The topological polar surface area (TPSA) is 85.7 Å². The molecule has 210 valence electrons. The SMILES string of the molecule is CN(C(=O)Oc1c(C(C=NCC#Cc2cn(C)cn2)=CN)cc(C(F)(F)F)cc1C(F)(F)F)c1ccc(F)cc1. The summed E-state index contributed by atoms with van der Waals surface area (Å²) >= 11 is 0. The second-order valence-corrected chi connectivity index (χ2v) is 8.12. The number of carbonyl (C=O) groups excluding carboxylic acids is 1. The number of carbonyl (C=O) groups is 1. The van der Waals surface area contributed by atoms with Gasteiger partial charge in [-0.05, 0) is 42.3 Å². The average molecular weight is 567 g/mol. The fourth-order valence-electron chi connectivity index (χ4n) is 3.25. The number of imidazole rings is 1. The molecule has 7 nitrogen and oxygen atoms in total. The molecule has 0 spiro atoms. The van der Waals surface area contributed by atoms with Crippen molar-refractivity contribution in [1.29, 1.82) is 0 Å². The number of allylic oxidation sites excluding steroid dienone is 1. The molecule has 2 N–H and O–H groups in total. The van der Waals surface area contributed by atoms with Gasteiger partial charge in [-0.15, -0.1) is 0 Å². The van der Waals surface area contributed by atoms with E-state index in [1.54, 1.807) is 17.8 Å². The van der Waals surface area contributed by atoms with Gasteiger partial charge in [-0.25, -0.2) is 14.2 Å². The first kappa shape index (κ1) is 29.8. The van der Waals surface area contributed by atoms with E-state index in [-0.39, 0.29) is 18.3 Å². The summed E-state index contributed by atoms with van der Waals surface area (Å²) in [7, 11) is 2.84. The molecule has 0 saturated heterocycles. The summed E-state index contributed by atoms with van der Waals surface area (Å²) in [5.74, 6) is 3.44. The van der Waals surface area contributed by atoms with Gasteiger partial charge in [0.05, 0.1) is 17.5 Å². The van der Waals surface area contributed by atoms with Gasteiger partial charge < -0.3 is 15.0 Å². The molecular weight excluding hydrogens is 547 g/mol. The van der Waals surface area contributed by atoms with Crippen LogP contribution in [0.4, 0.5) is 41.2 Å². The molecule has 40 heavy (non-hydrogen) atoms. The molecule has 0 aliphatic rings. The number of anilines is 1. The maximum absolute atomic E-state index is 14.0. The van der Waals surface area contributed by atoms with E-state index in [0.29, 0.717) is 18.0 Å². The first-order valence-corrected chi connectivity index (χ1v) is 11.1. The number of halogens is 7. The Bertz CT molecular complexity index is 1490. The van der Waals surface area contributed by atoms with Crippen molar-refractivity contribution in [3.05, 3.63) is 83.3 Å². The van der Waals surface area contributed by atoms with Gasteiger partial charge in [0, 0.05) is 49.5 Å². The average Bonchev–Trinajstić information content (AvgIpc) is 3.30. The molecule has 0 atom stereocenters. The van der Waals surface area contributed by atoms with Crippen molar-refractivity contribution in [3.8, 4) is 17.6 Å². The molecule has 0 radical (unpaired) electrons. The standard InChI is InChI=1S/C26H20F7N5O2/c1-37-14-19(36-15-37)4-3-9-35-13-16(12-34)21-10-17(25(28,29)30)11-22(26(31,32)33)23(21)40-24(39)38(2)20-7-5-18(27)6-8-20/h5-8,10-15H,9,34H2,1-2H3. The molecule has 0 bridgehead atoms. The number of aromatic nitrogens is 2. The van der Waals surface area contributed by atoms with Crippen LogP contribution in [0.3, 0.4) is 0 Å². The number of amides is 1. The van der Waals surface area contributed by atoms with E-state index in [9.17, 15) is 35.5 Å². The van der Waals surface area contributed by atoms with Crippen molar-refractivity contribution in [3.63, 3.8) is 0 Å². The van der Waals surface area contributed by atoms with Crippen molar-refractivity contribution in [2.45, 2.75) is 12.4 Å². The molecule has 1 aromatic heterocycles. The monoisotopic (exact) mass is 567 g/mol. The first-order chi connectivity index (χ1) is 18.7. The van der Waals surface area contributed by atoms with Crippen molar-refractivity contribution >= 4 is 23.6 Å². The third kappa shape index (κ3) is 7.40. The molecule has 1 heterocycles. The maximum atomic E-state index is 14.0. The number of hydrogen-bond acceptors (Lipinski definition) is 5. The number of ether oxygens (including phenoxy) is 1. The van der Waals surface area contributed by atoms with Crippen LogP contribution in [0.25, 0.3) is 5.57 Å². The number of rotatable bonds is 5. The second-order valence-electron chi connectivity index (χ2n) is 8.12. The number of benzene rings is 2. The maximum Gasteiger partial charge on any atom is 0.420 e. The lowest BCUT2D eigenvalue weighted by molar-refractivity contribution is -0.143. The van der Waals surface area contributed by atoms with E-state index >= 15 is 0 Å². The highest BCUT2D eigenvalue weighted by molar-refractivity contribution is 6.11. The predicted octanol–water partition coefficient (Wildman–Crippen LogP) is 5.65. The molecule has 3 rings (SSSR count). The van der Waals surface area contributed by atoms with Gasteiger partial charge in [-0.2, -0.15) is 26.3 Å². The first-order valence-electron chi connectivity index (χ1n) is 11.1. The molecule has 0 unspecified atom stereocenters. The zero-order chi connectivity index (χ0) is 29.7. The number of aryl methyl sites for hydroxylation is 1. The molecule has 0 fully saturated rings. The van der Waals surface area contributed by atoms with E-state index in [4.69, 9.17) is 10.5 Å². The number of alkyl halides is 6. The lowest BCUT2D eigenvalue weighted by Crippen LogP contribution is -2.30. The van der Waals surface area contributed by atoms with E-state index in [0.717, 1.165) is 42.4 Å². The minimum atomic E-state index is -5.37. The van der Waals surface area contributed by atoms with Crippen molar-refractivity contribution < 1.29 is 40.3 Å². The number of hydrogen-bond donors (Lipinski definition) is 1. The Morgan fingerprint density at radius 1 is 1.15 bits per heavy atom. The molecule has 1 amide bonds. The van der Waals surface area contributed by atoms with E-state index in [1.807, 2.05) is 0 Å². The molecule has 0 saturated carbocycles. The minimum Gasteiger partial charge on any atom is -0.409 e. The van der Waals surface area contributed by atoms with Crippen molar-refractivity contribution in [2.75, 3.05) is 18.5 Å². The molecule has 2 aromatic carbocycles. The van der Waals surface area contributed by atoms with Gasteiger partial charge in [0.2, 0.25) is 0 Å². The largest absolute Gasteiger partial charge is 0.420 e. The Balaban J connectivity index is 2.05. The van der Waals surface area contributed by atoms with Crippen LogP contribution >= 0.6 is 0 Å². The molecule has 0 aliphatic heterocycles. The van der Waals surface area contributed by atoms with Gasteiger partial charge in [-0.1, -0.05) is 5.92 Å². The Kier molecular flexibility index (Phi) is 8.88. The Morgan fingerprint density at radius 2 is 1.82 bits per heavy atom. The summed E-state index contributed by atoms with van der Waals surface area (Å²) in [6.45, 7) is -0.207.